The first-order chi connectivity index (χ1) is 19.8. The average molecular weight is 558 g/mol. The molecule has 218 valence electrons. The summed E-state index contributed by atoms with van der Waals surface area (Å²) >= 11 is 0. The Kier molecular flexibility index (Phi) is 8.91. The Hall–Kier alpha value is -3.48. The van der Waals surface area contributed by atoms with Crippen LogP contribution in [0.2, 0.25) is 0 Å². The number of Topliss-reactive ketones (excluding diaryl/α,β-unsaturated/α-hetero) is 1. The van der Waals surface area contributed by atoms with Crippen molar-refractivity contribution in [1.82, 2.24) is 24.4 Å². The molecular weight excluding hydrogens is 514 g/mol. The molecule has 0 N–H and O–H groups in total. The molecule has 41 heavy (non-hydrogen) atoms. The maximum absolute atomic E-state index is 13.0. The molecule has 0 atom stereocenters. The number of fused-ring (bicyclic) bond motifs is 1. The number of rotatable bonds is 10. The van der Waals surface area contributed by atoms with E-state index in [1.54, 1.807) is 16.9 Å². The van der Waals surface area contributed by atoms with Crippen LogP contribution in [0.4, 0.5) is 5.82 Å². The number of piperidine rings is 1. The third-order valence-corrected chi connectivity index (χ3v) is 8.89. The summed E-state index contributed by atoms with van der Waals surface area (Å²) in [5.41, 5.74) is 3.08. The number of aromatic nitrogens is 3. The Bertz CT molecular complexity index is 1380. The molecule has 0 radical (unpaired) electrons. The van der Waals surface area contributed by atoms with Gasteiger partial charge in [-0.2, -0.15) is 10.4 Å². The highest BCUT2D eigenvalue weighted by molar-refractivity contribution is 5.85. The Morgan fingerprint density at radius 3 is 2.41 bits per heavy atom. The van der Waals surface area contributed by atoms with Crippen molar-refractivity contribution in [3.63, 3.8) is 0 Å². The highest BCUT2D eigenvalue weighted by Gasteiger charge is 2.39. The van der Waals surface area contributed by atoms with Crippen molar-refractivity contribution in [2.75, 3.05) is 63.9 Å². The minimum atomic E-state index is 0.0210. The molecule has 0 saturated carbocycles. The van der Waals surface area contributed by atoms with Gasteiger partial charge in [0.05, 0.1) is 30.1 Å². The van der Waals surface area contributed by atoms with Crippen LogP contribution in [-0.2, 0) is 4.79 Å². The molecule has 2 fully saturated rings. The van der Waals surface area contributed by atoms with Crippen molar-refractivity contribution >= 4 is 17.1 Å². The topological polar surface area (TPSA) is 90.0 Å². The van der Waals surface area contributed by atoms with Crippen LogP contribution in [0.15, 0.2) is 36.8 Å². The van der Waals surface area contributed by atoms with E-state index in [4.69, 9.17) is 9.72 Å². The largest absolute Gasteiger partial charge is 0.492 e. The van der Waals surface area contributed by atoms with Crippen LogP contribution in [0.1, 0.15) is 52.5 Å². The maximum atomic E-state index is 13.0. The van der Waals surface area contributed by atoms with Crippen LogP contribution < -0.4 is 9.64 Å². The van der Waals surface area contributed by atoms with E-state index in [0.29, 0.717) is 30.1 Å². The van der Waals surface area contributed by atoms with Crippen LogP contribution in [0, 0.1) is 22.7 Å². The van der Waals surface area contributed by atoms with E-state index < -0.39 is 0 Å². The van der Waals surface area contributed by atoms with E-state index in [1.807, 2.05) is 33.0 Å². The highest BCUT2D eigenvalue weighted by Crippen LogP contribution is 2.39. The van der Waals surface area contributed by atoms with E-state index in [2.05, 4.69) is 44.9 Å². The van der Waals surface area contributed by atoms with Gasteiger partial charge in [-0.05, 0) is 49.9 Å². The number of likely N-dealkylation sites (N-methyl/N-ethyl adjacent to an activating group) is 1. The highest BCUT2D eigenvalue weighted by atomic mass is 16.5. The van der Waals surface area contributed by atoms with Gasteiger partial charge in [0.25, 0.3) is 0 Å². The molecule has 0 unspecified atom stereocenters. The minimum absolute atomic E-state index is 0.0210. The van der Waals surface area contributed by atoms with E-state index in [0.717, 1.165) is 87.7 Å². The van der Waals surface area contributed by atoms with Gasteiger partial charge in [-0.1, -0.05) is 20.8 Å². The predicted octanol–water partition coefficient (Wildman–Crippen LogP) is 4.51. The van der Waals surface area contributed by atoms with Gasteiger partial charge < -0.3 is 19.4 Å². The van der Waals surface area contributed by atoms with Gasteiger partial charge in [0, 0.05) is 75.5 Å². The lowest BCUT2D eigenvalue weighted by atomic mass is 9.72. The van der Waals surface area contributed by atoms with Crippen LogP contribution >= 0.6 is 0 Å². The van der Waals surface area contributed by atoms with Crippen LogP contribution in [0.5, 0.6) is 5.75 Å². The third kappa shape index (κ3) is 6.39. The molecule has 5 heterocycles. The molecule has 0 bridgehead atoms. The zero-order valence-electron chi connectivity index (χ0n) is 25.0. The fourth-order valence-corrected chi connectivity index (χ4v) is 6.29. The first-order valence-electron chi connectivity index (χ1n) is 15.1. The number of ether oxygens (including phenoxy) is 1. The number of ketones is 1. The van der Waals surface area contributed by atoms with E-state index in [1.165, 1.54) is 0 Å². The van der Waals surface area contributed by atoms with Crippen LogP contribution in [0.25, 0.3) is 16.6 Å². The van der Waals surface area contributed by atoms with Gasteiger partial charge in [-0.15, -0.1) is 0 Å². The molecule has 2 saturated heterocycles. The second-order valence-corrected chi connectivity index (χ2v) is 11.9. The standard InChI is InChI=1S/C32H43N7O2/c1-5-36-13-15-37(16-14-36)23-32(18-29(40)24(3)4)9-11-38(12-10-32)30-8-7-25(20-34-30)28-17-27(41-6-2)22-39-31(28)26(19-33)21-35-39/h7-8,17,20-22,24H,5-6,9-16,18,23H2,1-4H3. The van der Waals surface area contributed by atoms with Gasteiger partial charge in [0.1, 0.15) is 23.4 Å². The summed E-state index contributed by atoms with van der Waals surface area (Å²) in [6.45, 7) is 17.1. The minimum Gasteiger partial charge on any atom is -0.492 e. The molecule has 0 amide bonds. The molecule has 3 aromatic heterocycles. The molecule has 9 nitrogen and oxygen atoms in total. The van der Waals surface area contributed by atoms with Crippen molar-refractivity contribution in [1.29, 1.82) is 5.26 Å². The Morgan fingerprint density at radius 1 is 1.07 bits per heavy atom. The molecule has 0 aliphatic carbocycles. The summed E-state index contributed by atoms with van der Waals surface area (Å²) < 4.78 is 7.47. The number of carbonyl (C=O) groups is 1. The van der Waals surface area contributed by atoms with Gasteiger partial charge in [-0.3, -0.25) is 4.79 Å². The van der Waals surface area contributed by atoms with Crippen molar-refractivity contribution < 1.29 is 9.53 Å². The third-order valence-electron chi connectivity index (χ3n) is 8.89. The summed E-state index contributed by atoms with van der Waals surface area (Å²) in [7, 11) is 0. The average Bonchev–Trinajstić information content (AvgIpc) is 3.41. The van der Waals surface area contributed by atoms with Crippen molar-refractivity contribution in [2.45, 2.75) is 47.0 Å². The number of hydrogen-bond donors (Lipinski definition) is 0. The van der Waals surface area contributed by atoms with E-state index >= 15 is 0 Å². The van der Waals surface area contributed by atoms with Crippen molar-refractivity contribution in [3.05, 3.63) is 42.4 Å². The van der Waals surface area contributed by atoms with Gasteiger partial charge in [-0.25, -0.2) is 9.50 Å². The molecule has 5 rings (SSSR count). The summed E-state index contributed by atoms with van der Waals surface area (Å²) in [4.78, 5) is 25.3. The normalized spacial score (nSPS) is 18.1. The molecular formula is C32H43N7O2. The summed E-state index contributed by atoms with van der Waals surface area (Å²) in [5.74, 6) is 2.10. The quantitative estimate of drug-likeness (QED) is 0.360. The Balaban J connectivity index is 1.32. The number of pyridine rings is 2. The lowest BCUT2D eigenvalue weighted by Gasteiger charge is -2.46. The summed E-state index contributed by atoms with van der Waals surface area (Å²) in [6, 6.07) is 8.35. The van der Waals surface area contributed by atoms with Gasteiger partial charge >= 0.3 is 0 Å². The van der Waals surface area contributed by atoms with Gasteiger partial charge in [0.2, 0.25) is 0 Å². The first kappa shape index (κ1) is 29.0. The van der Waals surface area contributed by atoms with Crippen molar-refractivity contribution in [3.8, 4) is 22.9 Å². The number of hydrogen-bond acceptors (Lipinski definition) is 8. The first-order valence-corrected chi connectivity index (χ1v) is 15.1. The number of anilines is 1. The van der Waals surface area contributed by atoms with Crippen molar-refractivity contribution in [2.24, 2.45) is 11.3 Å². The number of carbonyl (C=O) groups excluding carboxylic acids is 1. The number of piperazine rings is 1. The summed E-state index contributed by atoms with van der Waals surface area (Å²) in [6.07, 6.45) is 7.91. The zero-order valence-corrected chi connectivity index (χ0v) is 25.0. The molecule has 2 aliphatic rings. The molecule has 3 aromatic rings. The van der Waals surface area contributed by atoms with Crippen LogP contribution in [-0.4, -0.2) is 89.1 Å². The second-order valence-electron chi connectivity index (χ2n) is 11.9. The fraction of sp³-hybridized carbons (Fsp3) is 0.562. The zero-order chi connectivity index (χ0) is 29.0. The predicted molar refractivity (Wildman–Crippen MR) is 161 cm³/mol. The Labute approximate surface area is 243 Å². The molecule has 2 aliphatic heterocycles. The van der Waals surface area contributed by atoms with Crippen LogP contribution in [0.3, 0.4) is 0 Å². The smallest absolute Gasteiger partial charge is 0.138 e. The van der Waals surface area contributed by atoms with E-state index in [9.17, 15) is 10.1 Å². The monoisotopic (exact) mass is 557 g/mol. The lowest BCUT2D eigenvalue weighted by Crippen LogP contribution is -2.53. The van der Waals surface area contributed by atoms with E-state index in [-0.39, 0.29) is 11.3 Å². The Morgan fingerprint density at radius 2 is 1.80 bits per heavy atom. The second kappa shape index (κ2) is 12.6. The molecule has 9 heteroatoms. The lowest BCUT2D eigenvalue weighted by molar-refractivity contribution is -0.125. The number of nitrogens with zero attached hydrogens (tertiary/aromatic N) is 7. The number of nitriles is 1. The fourth-order valence-electron chi connectivity index (χ4n) is 6.29. The summed E-state index contributed by atoms with van der Waals surface area (Å²) in [5, 5.41) is 14.0. The molecule has 0 spiro atoms. The SMILES string of the molecule is CCOc1cc(-c2ccc(N3CCC(CC(=O)C(C)C)(CN4CCN(CC)CC4)CC3)nc2)c2c(C#N)cnn2c1. The molecule has 0 aromatic carbocycles. The van der Waals surface area contributed by atoms with Gasteiger partial charge in [0.15, 0.2) is 0 Å². The maximum Gasteiger partial charge on any atom is 0.138 e.